The Kier molecular flexibility index (Phi) is 2.97. The molecule has 0 bridgehead atoms. The molecule has 2 rings (SSSR count). The standard InChI is InChI=1S/C11H13N5O2/c1-7-4-5-8(6-9(7)16(17)18)10-13-14-11(12-2)15(10)3/h4-6H,1-3H3,(H,12,14). The lowest BCUT2D eigenvalue weighted by molar-refractivity contribution is -0.385. The summed E-state index contributed by atoms with van der Waals surface area (Å²) in [6.45, 7) is 1.71. The first-order valence-electron chi connectivity index (χ1n) is 5.37. The number of aryl methyl sites for hydroxylation is 1. The first kappa shape index (κ1) is 12.0. The van der Waals surface area contributed by atoms with Crippen molar-refractivity contribution in [1.29, 1.82) is 0 Å². The smallest absolute Gasteiger partial charge is 0.273 e. The molecule has 0 aliphatic carbocycles. The Hall–Kier alpha value is -2.44. The summed E-state index contributed by atoms with van der Waals surface area (Å²) < 4.78 is 1.74. The molecule has 7 heteroatoms. The van der Waals surface area contributed by atoms with E-state index in [9.17, 15) is 10.1 Å². The van der Waals surface area contributed by atoms with Gasteiger partial charge in [0.05, 0.1) is 4.92 Å². The molecule has 0 unspecified atom stereocenters. The summed E-state index contributed by atoms with van der Waals surface area (Å²) in [7, 11) is 3.54. The summed E-state index contributed by atoms with van der Waals surface area (Å²) in [4.78, 5) is 10.5. The Labute approximate surface area is 104 Å². The number of nitrogens with zero attached hydrogens (tertiary/aromatic N) is 4. The van der Waals surface area contributed by atoms with Crippen molar-refractivity contribution in [1.82, 2.24) is 14.8 Å². The summed E-state index contributed by atoms with van der Waals surface area (Å²) in [5, 5.41) is 21.7. The summed E-state index contributed by atoms with van der Waals surface area (Å²) in [6.07, 6.45) is 0. The van der Waals surface area contributed by atoms with E-state index in [1.165, 1.54) is 6.07 Å². The van der Waals surface area contributed by atoms with Crippen molar-refractivity contribution >= 4 is 11.6 Å². The van der Waals surface area contributed by atoms with Crippen LogP contribution in [0.4, 0.5) is 11.6 Å². The van der Waals surface area contributed by atoms with E-state index < -0.39 is 4.92 Å². The Morgan fingerprint density at radius 3 is 2.67 bits per heavy atom. The third kappa shape index (κ3) is 1.90. The van der Waals surface area contributed by atoms with Gasteiger partial charge in [0.15, 0.2) is 5.82 Å². The van der Waals surface area contributed by atoms with Crippen LogP contribution in [0.1, 0.15) is 5.56 Å². The third-order valence-electron chi connectivity index (χ3n) is 2.76. The molecule has 0 atom stereocenters. The fraction of sp³-hybridized carbons (Fsp3) is 0.273. The minimum Gasteiger partial charge on any atom is -0.357 e. The van der Waals surface area contributed by atoms with Crippen LogP contribution in [-0.2, 0) is 7.05 Å². The van der Waals surface area contributed by atoms with E-state index in [-0.39, 0.29) is 5.69 Å². The van der Waals surface area contributed by atoms with Crippen LogP contribution in [0, 0.1) is 17.0 Å². The van der Waals surface area contributed by atoms with E-state index in [2.05, 4.69) is 15.5 Å². The zero-order valence-corrected chi connectivity index (χ0v) is 10.3. The van der Waals surface area contributed by atoms with Crippen molar-refractivity contribution in [2.45, 2.75) is 6.92 Å². The summed E-state index contributed by atoms with van der Waals surface area (Å²) >= 11 is 0. The SMILES string of the molecule is CNc1nnc(-c2ccc(C)c([N+](=O)[O-])c2)n1C. The molecule has 0 radical (unpaired) electrons. The van der Waals surface area contributed by atoms with Crippen molar-refractivity contribution < 1.29 is 4.92 Å². The Morgan fingerprint density at radius 2 is 2.11 bits per heavy atom. The maximum Gasteiger partial charge on any atom is 0.273 e. The fourth-order valence-electron chi connectivity index (χ4n) is 1.74. The molecule has 94 valence electrons. The van der Waals surface area contributed by atoms with E-state index >= 15 is 0 Å². The van der Waals surface area contributed by atoms with Gasteiger partial charge in [-0.3, -0.25) is 14.7 Å². The molecule has 0 fully saturated rings. The van der Waals surface area contributed by atoms with E-state index in [0.717, 1.165) is 0 Å². The molecule has 0 aliphatic rings. The van der Waals surface area contributed by atoms with Gasteiger partial charge in [0.1, 0.15) is 0 Å². The minimum absolute atomic E-state index is 0.0847. The first-order valence-corrected chi connectivity index (χ1v) is 5.37. The number of nitrogens with one attached hydrogen (secondary N) is 1. The van der Waals surface area contributed by atoms with Crippen molar-refractivity contribution in [2.24, 2.45) is 7.05 Å². The van der Waals surface area contributed by atoms with Gasteiger partial charge in [-0.2, -0.15) is 0 Å². The van der Waals surface area contributed by atoms with Crippen LogP contribution in [-0.4, -0.2) is 26.7 Å². The van der Waals surface area contributed by atoms with Crippen LogP contribution >= 0.6 is 0 Å². The molecule has 1 aromatic carbocycles. The molecular formula is C11H13N5O2. The average molecular weight is 247 g/mol. The highest BCUT2D eigenvalue weighted by molar-refractivity contribution is 5.62. The average Bonchev–Trinajstić information content (AvgIpc) is 2.71. The monoisotopic (exact) mass is 247 g/mol. The molecule has 2 aromatic rings. The van der Waals surface area contributed by atoms with Crippen molar-refractivity contribution in [3.63, 3.8) is 0 Å². The van der Waals surface area contributed by atoms with Gasteiger partial charge in [-0.15, -0.1) is 10.2 Å². The van der Waals surface area contributed by atoms with E-state index in [0.29, 0.717) is 22.9 Å². The highest BCUT2D eigenvalue weighted by atomic mass is 16.6. The molecule has 1 aromatic heterocycles. The number of aromatic nitrogens is 3. The molecule has 0 spiro atoms. The van der Waals surface area contributed by atoms with Crippen LogP contribution < -0.4 is 5.32 Å². The van der Waals surface area contributed by atoms with Crippen LogP contribution in [0.15, 0.2) is 18.2 Å². The van der Waals surface area contributed by atoms with Gasteiger partial charge < -0.3 is 5.32 Å². The van der Waals surface area contributed by atoms with Crippen LogP contribution in [0.5, 0.6) is 0 Å². The van der Waals surface area contributed by atoms with Crippen molar-refractivity contribution in [2.75, 3.05) is 12.4 Å². The predicted molar refractivity (Wildman–Crippen MR) is 67.4 cm³/mol. The number of anilines is 1. The normalized spacial score (nSPS) is 10.4. The zero-order chi connectivity index (χ0) is 13.3. The molecule has 18 heavy (non-hydrogen) atoms. The van der Waals surface area contributed by atoms with Gasteiger partial charge in [0, 0.05) is 31.3 Å². The van der Waals surface area contributed by atoms with Crippen LogP contribution in [0.2, 0.25) is 0 Å². The molecular weight excluding hydrogens is 234 g/mol. The van der Waals surface area contributed by atoms with Gasteiger partial charge in [-0.05, 0) is 6.92 Å². The van der Waals surface area contributed by atoms with Crippen molar-refractivity contribution in [3.8, 4) is 11.4 Å². The van der Waals surface area contributed by atoms with Crippen molar-refractivity contribution in [3.05, 3.63) is 33.9 Å². The highest BCUT2D eigenvalue weighted by Gasteiger charge is 2.15. The van der Waals surface area contributed by atoms with Crippen LogP contribution in [0.25, 0.3) is 11.4 Å². The van der Waals surface area contributed by atoms with E-state index in [1.54, 1.807) is 37.7 Å². The zero-order valence-electron chi connectivity index (χ0n) is 10.3. The molecule has 1 N–H and O–H groups in total. The van der Waals surface area contributed by atoms with Crippen LogP contribution in [0.3, 0.4) is 0 Å². The van der Waals surface area contributed by atoms with Gasteiger partial charge in [-0.25, -0.2) is 0 Å². The summed E-state index contributed by atoms with van der Waals surface area (Å²) in [5.41, 5.74) is 1.38. The first-order chi connectivity index (χ1) is 8.54. The van der Waals surface area contributed by atoms with Gasteiger partial charge in [-0.1, -0.05) is 12.1 Å². The summed E-state index contributed by atoms with van der Waals surface area (Å²) in [6, 6.07) is 5.02. The molecule has 1 heterocycles. The third-order valence-corrected chi connectivity index (χ3v) is 2.76. The molecule has 0 aliphatic heterocycles. The molecule has 0 saturated heterocycles. The Morgan fingerprint density at radius 1 is 1.39 bits per heavy atom. The Bertz CT molecular complexity index is 605. The van der Waals surface area contributed by atoms with Gasteiger partial charge in [0.2, 0.25) is 5.95 Å². The maximum absolute atomic E-state index is 10.9. The number of benzene rings is 1. The molecule has 0 amide bonds. The van der Waals surface area contributed by atoms with E-state index in [1.807, 2.05) is 0 Å². The maximum atomic E-state index is 10.9. The topological polar surface area (TPSA) is 85.9 Å². The van der Waals surface area contributed by atoms with E-state index in [4.69, 9.17) is 0 Å². The lowest BCUT2D eigenvalue weighted by Crippen LogP contribution is -2.00. The number of hydrogen-bond donors (Lipinski definition) is 1. The second-order valence-electron chi connectivity index (χ2n) is 3.91. The quantitative estimate of drug-likeness (QED) is 0.659. The lowest BCUT2D eigenvalue weighted by atomic mass is 10.1. The molecule has 0 saturated carbocycles. The molecule has 7 nitrogen and oxygen atoms in total. The van der Waals surface area contributed by atoms with Gasteiger partial charge in [0.25, 0.3) is 5.69 Å². The number of nitro groups is 1. The highest BCUT2D eigenvalue weighted by Crippen LogP contribution is 2.26. The van der Waals surface area contributed by atoms with Gasteiger partial charge >= 0.3 is 0 Å². The predicted octanol–water partition coefficient (Wildman–Crippen LogP) is 1.74. The number of rotatable bonds is 3. The number of hydrogen-bond acceptors (Lipinski definition) is 5. The Balaban J connectivity index is 2.54. The minimum atomic E-state index is -0.395. The fourth-order valence-corrected chi connectivity index (χ4v) is 1.74. The lowest BCUT2D eigenvalue weighted by Gasteiger charge is -2.04. The second kappa shape index (κ2) is 4.44. The second-order valence-corrected chi connectivity index (χ2v) is 3.91. The summed E-state index contributed by atoms with van der Waals surface area (Å²) in [5.74, 6) is 1.19. The largest absolute Gasteiger partial charge is 0.357 e. The number of nitro benzene ring substituents is 1.